The number of piperidine rings is 1. The summed E-state index contributed by atoms with van der Waals surface area (Å²) in [5, 5.41) is 19.1. The lowest BCUT2D eigenvalue weighted by molar-refractivity contribution is 0.0546. The fourth-order valence-corrected chi connectivity index (χ4v) is 4.85. The molecule has 2 heterocycles. The number of carbonyl (C=O) groups is 1. The number of aliphatic hydroxyl groups excluding tert-OH is 1. The third kappa shape index (κ3) is 3.54. The minimum atomic E-state index is -0.314. The van der Waals surface area contributed by atoms with Crippen molar-refractivity contribution >= 4 is 17.5 Å². The van der Waals surface area contributed by atoms with Crippen LogP contribution in [0.1, 0.15) is 47.4 Å². The Morgan fingerprint density at radius 3 is 2.45 bits per heavy atom. The van der Waals surface area contributed by atoms with Crippen molar-refractivity contribution in [2.24, 2.45) is 7.05 Å². The van der Waals surface area contributed by atoms with Gasteiger partial charge in [-0.25, -0.2) is 0 Å². The van der Waals surface area contributed by atoms with Crippen molar-refractivity contribution in [1.82, 2.24) is 19.7 Å². The molecule has 0 bridgehead atoms. The van der Waals surface area contributed by atoms with Crippen LogP contribution in [0.3, 0.4) is 0 Å². The normalized spacial score (nSPS) is 18.2. The van der Waals surface area contributed by atoms with Gasteiger partial charge in [-0.15, -0.1) is 10.2 Å². The van der Waals surface area contributed by atoms with E-state index in [0.717, 1.165) is 24.2 Å². The number of amides is 1. The topological polar surface area (TPSA) is 71.2 Å². The largest absolute Gasteiger partial charge is 0.393 e. The van der Waals surface area contributed by atoms with Crippen molar-refractivity contribution in [1.29, 1.82) is 0 Å². The SMILES string of the molecule is Cn1c(-c2ccc(C(=O)N3CCC(O)CC3)cc2Cl)nnc1C1(c2ccccc2)CC1. The van der Waals surface area contributed by atoms with Gasteiger partial charge in [0, 0.05) is 31.3 Å². The van der Waals surface area contributed by atoms with Crippen LogP contribution in [-0.2, 0) is 12.5 Å². The van der Waals surface area contributed by atoms with E-state index >= 15 is 0 Å². The van der Waals surface area contributed by atoms with Gasteiger partial charge in [0.15, 0.2) is 5.82 Å². The third-order valence-electron chi connectivity index (χ3n) is 6.59. The fraction of sp³-hybridized carbons (Fsp3) is 0.375. The molecule has 0 radical (unpaired) electrons. The third-order valence-corrected chi connectivity index (χ3v) is 6.90. The molecule has 2 aliphatic rings. The highest BCUT2D eigenvalue weighted by molar-refractivity contribution is 6.33. The standard InChI is InChI=1S/C24H25ClN4O2/c1-28-21(26-27-23(28)24(11-12-24)17-5-3-2-4-6-17)19-8-7-16(15-20(19)25)22(31)29-13-9-18(30)10-14-29/h2-8,15,18,30H,9-14H2,1H3. The molecule has 0 spiro atoms. The van der Waals surface area contributed by atoms with E-state index in [2.05, 4.69) is 34.5 Å². The average Bonchev–Trinajstić information content (AvgIpc) is 3.51. The summed E-state index contributed by atoms with van der Waals surface area (Å²) in [7, 11) is 1.97. The van der Waals surface area contributed by atoms with E-state index in [1.807, 2.05) is 23.7 Å². The lowest BCUT2D eigenvalue weighted by atomic mass is 9.95. The maximum atomic E-state index is 12.8. The summed E-state index contributed by atoms with van der Waals surface area (Å²) in [6.45, 7) is 1.13. The lowest BCUT2D eigenvalue weighted by Crippen LogP contribution is -2.40. The first-order chi connectivity index (χ1) is 15.0. The van der Waals surface area contributed by atoms with Gasteiger partial charge in [-0.2, -0.15) is 0 Å². The zero-order valence-electron chi connectivity index (χ0n) is 17.5. The van der Waals surface area contributed by atoms with Gasteiger partial charge in [-0.05, 0) is 49.4 Å². The number of halogens is 1. The van der Waals surface area contributed by atoms with Gasteiger partial charge in [-0.1, -0.05) is 41.9 Å². The molecule has 1 saturated carbocycles. The number of nitrogens with zero attached hydrogens (tertiary/aromatic N) is 4. The molecule has 3 aromatic rings. The second kappa shape index (κ2) is 7.77. The first-order valence-corrected chi connectivity index (χ1v) is 11.1. The zero-order chi connectivity index (χ0) is 21.6. The predicted molar refractivity (Wildman–Crippen MR) is 119 cm³/mol. The maximum absolute atomic E-state index is 12.8. The van der Waals surface area contributed by atoms with Crippen LogP contribution in [0.2, 0.25) is 5.02 Å². The number of likely N-dealkylation sites (tertiary alicyclic amines) is 1. The Labute approximate surface area is 186 Å². The average molecular weight is 437 g/mol. The van der Waals surface area contributed by atoms with Gasteiger partial charge in [-0.3, -0.25) is 4.79 Å². The molecule has 2 aromatic carbocycles. The summed E-state index contributed by atoms with van der Waals surface area (Å²) >= 11 is 6.61. The van der Waals surface area contributed by atoms with Crippen LogP contribution in [0.5, 0.6) is 0 Å². The van der Waals surface area contributed by atoms with Crippen LogP contribution >= 0.6 is 11.6 Å². The molecule has 0 unspecified atom stereocenters. The summed E-state index contributed by atoms with van der Waals surface area (Å²) in [6.07, 6.45) is 3.01. The number of rotatable bonds is 4. The highest BCUT2D eigenvalue weighted by atomic mass is 35.5. The predicted octanol–water partition coefficient (Wildman–Crippen LogP) is 3.81. The van der Waals surface area contributed by atoms with E-state index in [9.17, 15) is 9.90 Å². The molecule has 1 N–H and O–H groups in total. The highest BCUT2D eigenvalue weighted by Gasteiger charge is 2.49. The maximum Gasteiger partial charge on any atom is 0.253 e. The smallest absolute Gasteiger partial charge is 0.253 e. The van der Waals surface area contributed by atoms with E-state index in [1.54, 1.807) is 17.0 Å². The van der Waals surface area contributed by atoms with Gasteiger partial charge in [0.2, 0.25) is 0 Å². The number of hydrogen-bond donors (Lipinski definition) is 1. The summed E-state index contributed by atoms with van der Waals surface area (Å²) < 4.78 is 2.02. The quantitative estimate of drug-likeness (QED) is 0.675. The van der Waals surface area contributed by atoms with E-state index in [-0.39, 0.29) is 17.4 Å². The van der Waals surface area contributed by atoms with Crippen LogP contribution < -0.4 is 0 Å². The van der Waals surface area contributed by atoms with E-state index in [1.165, 1.54) is 5.56 Å². The van der Waals surface area contributed by atoms with Crippen LogP contribution in [0, 0.1) is 0 Å². The van der Waals surface area contributed by atoms with Gasteiger partial charge in [0.1, 0.15) is 5.82 Å². The summed E-state index contributed by atoms with van der Waals surface area (Å²) in [6, 6.07) is 15.8. The van der Waals surface area contributed by atoms with Gasteiger partial charge in [0.05, 0.1) is 16.5 Å². The summed E-state index contributed by atoms with van der Waals surface area (Å²) in [5.41, 5.74) is 2.49. The van der Waals surface area contributed by atoms with E-state index in [4.69, 9.17) is 11.6 Å². The molecule has 1 aliphatic carbocycles. The minimum Gasteiger partial charge on any atom is -0.393 e. The van der Waals surface area contributed by atoms with E-state index < -0.39 is 0 Å². The van der Waals surface area contributed by atoms with Crippen LogP contribution in [-0.4, -0.2) is 49.9 Å². The zero-order valence-corrected chi connectivity index (χ0v) is 18.2. The minimum absolute atomic E-state index is 0.0555. The monoisotopic (exact) mass is 436 g/mol. The lowest BCUT2D eigenvalue weighted by Gasteiger charge is -2.29. The molecule has 6 nitrogen and oxygen atoms in total. The Kier molecular flexibility index (Phi) is 5.07. The second-order valence-electron chi connectivity index (χ2n) is 8.57. The van der Waals surface area contributed by atoms with Gasteiger partial charge >= 0.3 is 0 Å². The first-order valence-electron chi connectivity index (χ1n) is 10.7. The molecule has 31 heavy (non-hydrogen) atoms. The Morgan fingerprint density at radius 1 is 1.10 bits per heavy atom. The number of aliphatic hydroxyl groups is 1. The molecule has 0 atom stereocenters. The Hall–Kier alpha value is -2.70. The highest BCUT2D eigenvalue weighted by Crippen LogP contribution is 2.53. The molecule has 2 fully saturated rings. The number of hydrogen-bond acceptors (Lipinski definition) is 4. The summed E-state index contributed by atoms with van der Waals surface area (Å²) in [4.78, 5) is 14.6. The van der Waals surface area contributed by atoms with Gasteiger partial charge < -0.3 is 14.6 Å². The van der Waals surface area contributed by atoms with Gasteiger partial charge in [0.25, 0.3) is 5.91 Å². The second-order valence-corrected chi connectivity index (χ2v) is 8.98. The number of carbonyl (C=O) groups excluding carboxylic acids is 1. The molecule has 1 aliphatic heterocycles. The molecular formula is C24H25ClN4O2. The number of benzene rings is 2. The van der Waals surface area contributed by atoms with Crippen molar-refractivity contribution in [3.63, 3.8) is 0 Å². The molecule has 1 amide bonds. The van der Waals surface area contributed by atoms with Crippen LogP contribution in [0.4, 0.5) is 0 Å². The summed E-state index contributed by atoms with van der Waals surface area (Å²) in [5.74, 6) is 1.58. The Balaban J connectivity index is 1.42. The van der Waals surface area contributed by atoms with E-state index in [0.29, 0.717) is 42.3 Å². The first kappa shape index (κ1) is 20.2. The molecule has 5 rings (SSSR count). The molecule has 160 valence electrons. The van der Waals surface area contributed by atoms with Crippen molar-refractivity contribution < 1.29 is 9.90 Å². The van der Waals surface area contributed by atoms with Crippen LogP contribution in [0.25, 0.3) is 11.4 Å². The van der Waals surface area contributed by atoms with Crippen molar-refractivity contribution in [2.75, 3.05) is 13.1 Å². The molecule has 1 aromatic heterocycles. The molecular weight excluding hydrogens is 412 g/mol. The Bertz CT molecular complexity index is 1120. The molecule has 7 heteroatoms. The van der Waals surface area contributed by atoms with Crippen molar-refractivity contribution in [3.8, 4) is 11.4 Å². The molecule has 1 saturated heterocycles. The fourth-order valence-electron chi connectivity index (χ4n) is 4.59. The number of aromatic nitrogens is 3. The Morgan fingerprint density at radius 2 is 1.81 bits per heavy atom. The van der Waals surface area contributed by atoms with Crippen molar-refractivity contribution in [2.45, 2.75) is 37.2 Å². The van der Waals surface area contributed by atoms with Crippen molar-refractivity contribution in [3.05, 3.63) is 70.5 Å². The van der Waals surface area contributed by atoms with Crippen LogP contribution in [0.15, 0.2) is 48.5 Å².